The van der Waals surface area contributed by atoms with Crippen LogP contribution in [0.3, 0.4) is 0 Å². The minimum Gasteiger partial charge on any atom is -0.428 e. The molecule has 0 aliphatic rings. The van der Waals surface area contributed by atoms with Gasteiger partial charge in [0.15, 0.2) is 0 Å². The highest BCUT2D eigenvalue weighted by molar-refractivity contribution is 5.63. The third-order valence-electron chi connectivity index (χ3n) is 0.848. The molecule has 68 valence electrons. The van der Waals surface area contributed by atoms with E-state index in [0.717, 1.165) is 6.26 Å². The van der Waals surface area contributed by atoms with Crippen molar-refractivity contribution in [2.24, 2.45) is 0 Å². The van der Waals surface area contributed by atoms with Crippen molar-refractivity contribution >= 4 is 6.16 Å². The van der Waals surface area contributed by atoms with Crippen LogP contribution in [-0.2, 0) is 4.74 Å². The smallest absolute Gasteiger partial charge is 0.428 e. The van der Waals surface area contributed by atoms with E-state index in [9.17, 15) is 4.79 Å². The van der Waals surface area contributed by atoms with Gasteiger partial charge in [-0.1, -0.05) is 0 Å². The number of hydrogen-bond acceptors (Lipinski definition) is 5. The molecule has 5 nitrogen and oxygen atoms in total. The highest BCUT2D eigenvalue weighted by atomic mass is 17.0. The molecule has 0 aromatic carbocycles. The van der Waals surface area contributed by atoms with Gasteiger partial charge in [-0.3, -0.25) is 4.58 Å². The normalized spacial score (nSPS) is 11.2. The molecule has 1 rings (SSSR count). The number of hydrogen-bond donors (Lipinski definition) is 0. The molecule has 1 heterocycles. The highest BCUT2D eigenvalue weighted by Crippen LogP contribution is 2.15. The van der Waals surface area contributed by atoms with Crippen LogP contribution in [0.5, 0.6) is 5.95 Å². The van der Waals surface area contributed by atoms with E-state index in [1.807, 2.05) is 0 Å². The SMILES string of the molecule is CC(C)(C)OC(=O)Oc1coo1. The maximum Gasteiger partial charge on any atom is 0.516 e. The van der Waals surface area contributed by atoms with E-state index < -0.39 is 11.8 Å². The maximum atomic E-state index is 10.8. The Morgan fingerprint density at radius 3 is 2.42 bits per heavy atom. The zero-order valence-corrected chi connectivity index (χ0v) is 7.12. The van der Waals surface area contributed by atoms with Crippen LogP contribution in [0.1, 0.15) is 20.8 Å². The van der Waals surface area contributed by atoms with E-state index in [1.54, 1.807) is 20.8 Å². The molecule has 5 heteroatoms. The number of carbonyl (C=O) groups is 1. The molecule has 0 aliphatic carbocycles. The second-order valence-electron chi connectivity index (χ2n) is 3.18. The topological polar surface area (TPSA) is 61.8 Å². The first kappa shape index (κ1) is 8.70. The monoisotopic (exact) mass is 174 g/mol. The summed E-state index contributed by atoms with van der Waals surface area (Å²) in [6, 6.07) is 0. The number of ether oxygens (including phenoxy) is 2. The van der Waals surface area contributed by atoms with E-state index in [0.29, 0.717) is 0 Å². The van der Waals surface area contributed by atoms with Gasteiger partial charge in [0.25, 0.3) is 0 Å². The summed E-state index contributed by atoms with van der Waals surface area (Å²) in [5, 5.41) is 0. The molecule has 0 saturated heterocycles. The molecule has 1 aromatic rings. The second kappa shape index (κ2) is 2.92. The van der Waals surface area contributed by atoms with Crippen molar-refractivity contribution in [1.82, 2.24) is 0 Å². The summed E-state index contributed by atoms with van der Waals surface area (Å²) in [6.45, 7) is 5.21. The third kappa shape index (κ3) is 2.69. The van der Waals surface area contributed by atoms with Crippen LogP contribution in [0.15, 0.2) is 15.4 Å². The highest BCUT2D eigenvalue weighted by Gasteiger charge is 2.19. The third-order valence-corrected chi connectivity index (χ3v) is 0.848. The Kier molecular flexibility index (Phi) is 2.12. The van der Waals surface area contributed by atoms with Crippen LogP contribution in [0.4, 0.5) is 4.79 Å². The Hall–Kier alpha value is -1.39. The lowest BCUT2D eigenvalue weighted by Gasteiger charge is -2.17. The van der Waals surface area contributed by atoms with E-state index in [1.165, 1.54) is 0 Å². The Morgan fingerprint density at radius 1 is 1.50 bits per heavy atom. The zero-order chi connectivity index (χ0) is 9.19. The maximum absolute atomic E-state index is 10.8. The molecule has 0 unspecified atom stereocenters. The Bertz CT molecular complexity index is 242. The molecule has 0 bridgehead atoms. The summed E-state index contributed by atoms with van der Waals surface area (Å²) in [5.74, 6) is 0.00394. The van der Waals surface area contributed by atoms with E-state index in [-0.39, 0.29) is 5.95 Å². The molecule has 0 radical (unpaired) electrons. The summed E-state index contributed by atoms with van der Waals surface area (Å²) in [6.07, 6.45) is 0.348. The van der Waals surface area contributed by atoms with Crippen LogP contribution >= 0.6 is 0 Å². The first-order valence-corrected chi connectivity index (χ1v) is 3.42. The Morgan fingerprint density at radius 2 is 2.08 bits per heavy atom. The predicted molar refractivity (Wildman–Crippen MR) is 37.8 cm³/mol. The summed E-state index contributed by atoms with van der Waals surface area (Å²) < 4.78 is 17.7. The van der Waals surface area contributed by atoms with E-state index >= 15 is 0 Å². The van der Waals surface area contributed by atoms with Crippen molar-refractivity contribution in [3.63, 3.8) is 0 Å². The van der Waals surface area contributed by atoms with E-state index in [2.05, 4.69) is 13.9 Å². The van der Waals surface area contributed by atoms with Crippen LogP contribution in [0.2, 0.25) is 0 Å². The lowest BCUT2D eigenvalue weighted by molar-refractivity contribution is -0.0521. The van der Waals surface area contributed by atoms with Crippen LogP contribution < -0.4 is 4.74 Å². The van der Waals surface area contributed by atoms with Gasteiger partial charge in [0.05, 0.1) is 0 Å². The molecular formula is C7H10O5. The molecule has 0 spiro atoms. The van der Waals surface area contributed by atoms with Gasteiger partial charge in [0, 0.05) is 0 Å². The molecule has 1 aromatic heterocycles. The molecule has 0 fully saturated rings. The largest absolute Gasteiger partial charge is 0.516 e. The van der Waals surface area contributed by atoms with Gasteiger partial charge < -0.3 is 9.47 Å². The minimum absolute atomic E-state index is 0.00394. The fourth-order valence-electron chi connectivity index (χ4n) is 0.481. The minimum atomic E-state index is -0.808. The van der Waals surface area contributed by atoms with Gasteiger partial charge in [-0.05, 0) is 20.8 Å². The van der Waals surface area contributed by atoms with Crippen molar-refractivity contribution in [1.29, 1.82) is 0 Å². The summed E-state index contributed by atoms with van der Waals surface area (Å²) in [4.78, 5) is 10.8. The first-order chi connectivity index (χ1) is 5.47. The van der Waals surface area contributed by atoms with Gasteiger partial charge in [-0.2, -0.15) is 0 Å². The lowest BCUT2D eigenvalue weighted by atomic mass is 10.2. The van der Waals surface area contributed by atoms with E-state index in [4.69, 9.17) is 4.74 Å². The second-order valence-corrected chi connectivity index (χ2v) is 3.18. The lowest BCUT2D eigenvalue weighted by Crippen LogP contribution is -2.26. The van der Waals surface area contributed by atoms with Gasteiger partial charge in [0.2, 0.25) is 6.26 Å². The summed E-state index contributed by atoms with van der Waals surface area (Å²) in [5.41, 5.74) is -0.567. The van der Waals surface area contributed by atoms with Gasteiger partial charge in [-0.15, -0.1) is 0 Å². The molecule has 0 amide bonds. The molecule has 0 N–H and O–H groups in total. The quantitative estimate of drug-likeness (QED) is 0.482. The zero-order valence-electron chi connectivity index (χ0n) is 7.12. The van der Waals surface area contributed by atoms with Crippen molar-refractivity contribution in [3.05, 3.63) is 6.26 Å². The average molecular weight is 174 g/mol. The van der Waals surface area contributed by atoms with Crippen molar-refractivity contribution in [2.45, 2.75) is 26.4 Å². The van der Waals surface area contributed by atoms with Crippen molar-refractivity contribution in [2.75, 3.05) is 0 Å². The van der Waals surface area contributed by atoms with Crippen LogP contribution in [-0.4, -0.2) is 11.8 Å². The predicted octanol–water partition coefficient (Wildman–Crippen LogP) is 2.19. The fourth-order valence-corrected chi connectivity index (χ4v) is 0.481. The average Bonchev–Trinajstić information content (AvgIpc) is 1.74. The Balaban J connectivity index is 2.33. The number of carbonyl (C=O) groups excluding carboxylic acids is 1. The summed E-state index contributed by atoms with van der Waals surface area (Å²) in [7, 11) is 0. The molecule has 0 atom stereocenters. The van der Waals surface area contributed by atoms with Crippen molar-refractivity contribution in [3.8, 4) is 5.95 Å². The van der Waals surface area contributed by atoms with Gasteiger partial charge in [-0.25, -0.2) is 9.37 Å². The first-order valence-electron chi connectivity index (χ1n) is 3.42. The van der Waals surface area contributed by atoms with Gasteiger partial charge >= 0.3 is 12.1 Å². The van der Waals surface area contributed by atoms with Crippen molar-refractivity contribution < 1.29 is 23.4 Å². The van der Waals surface area contributed by atoms with Gasteiger partial charge in [0.1, 0.15) is 5.60 Å². The Labute approximate surface area is 69.2 Å². The molecule has 0 saturated carbocycles. The standard InChI is InChI=1S/C7H10O5/c1-7(2,3)11-6(8)10-5-4-9-12-5/h4H,1-3H3. The molecule has 0 aliphatic heterocycles. The summed E-state index contributed by atoms with van der Waals surface area (Å²) >= 11 is 0. The van der Waals surface area contributed by atoms with Crippen LogP contribution in [0, 0.1) is 0 Å². The number of rotatable bonds is 1. The van der Waals surface area contributed by atoms with Crippen LogP contribution in [0.25, 0.3) is 0 Å². The molecular weight excluding hydrogens is 164 g/mol. The fraction of sp³-hybridized carbons (Fsp3) is 0.571. The molecule has 12 heavy (non-hydrogen) atoms.